The lowest BCUT2D eigenvalue weighted by Crippen LogP contribution is -2.17. The molecule has 0 saturated heterocycles. The third kappa shape index (κ3) is 4.57. The second-order valence-electron chi connectivity index (χ2n) is 6.35. The van der Waals surface area contributed by atoms with E-state index in [1.807, 2.05) is 30.3 Å². The van der Waals surface area contributed by atoms with Crippen molar-refractivity contribution in [3.8, 4) is 11.5 Å². The number of para-hydroxylation sites is 1. The largest absolute Gasteiger partial charge is 0.457 e. The number of rotatable bonds is 5. The number of sulfonamides is 1. The first kappa shape index (κ1) is 19.6. The van der Waals surface area contributed by atoms with Gasteiger partial charge in [0.05, 0.1) is 4.90 Å². The van der Waals surface area contributed by atoms with E-state index in [-0.39, 0.29) is 10.5 Å². The fourth-order valence-electron chi connectivity index (χ4n) is 2.69. The number of aryl methyl sites for hydroxylation is 1. The summed E-state index contributed by atoms with van der Waals surface area (Å²) >= 11 is 0. The van der Waals surface area contributed by atoms with Gasteiger partial charge in [0.1, 0.15) is 11.5 Å². The predicted octanol–water partition coefficient (Wildman–Crippen LogP) is 4.00. The third-order valence-electron chi connectivity index (χ3n) is 4.28. The van der Waals surface area contributed by atoms with Crippen molar-refractivity contribution in [2.24, 2.45) is 5.14 Å². The van der Waals surface area contributed by atoms with Crippen molar-refractivity contribution in [2.75, 3.05) is 5.32 Å². The van der Waals surface area contributed by atoms with Crippen LogP contribution in [-0.2, 0) is 10.0 Å². The summed E-state index contributed by atoms with van der Waals surface area (Å²) in [5.74, 6) is 0.918. The van der Waals surface area contributed by atoms with E-state index in [1.54, 1.807) is 44.2 Å². The fraction of sp³-hybridized carbons (Fsp3) is 0.0952. The SMILES string of the molecule is Cc1cc(C(=O)Nc2ccc(Oc3ccccc3)cc2)cc(S(N)(=O)=O)c1C. The van der Waals surface area contributed by atoms with Crippen LogP contribution in [0.3, 0.4) is 0 Å². The number of primary sulfonamides is 1. The first-order valence-electron chi connectivity index (χ1n) is 8.52. The Balaban J connectivity index is 1.77. The van der Waals surface area contributed by atoms with E-state index < -0.39 is 15.9 Å². The zero-order chi connectivity index (χ0) is 20.3. The Hall–Kier alpha value is -3.16. The third-order valence-corrected chi connectivity index (χ3v) is 5.32. The normalized spacial score (nSPS) is 11.1. The molecular weight excluding hydrogens is 376 g/mol. The van der Waals surface area contributed by atoms with Crippen LogP contribution in [0.1, 0.15) is 21.5 Å². The Morgan fingerprint density at radius 3 is 2.14 bits per heavy atom. The average molecular weight is 396 g/mol. The number of anilines is 1. The zero-order valence-corrected chi connectivity index (χ0v) is 16.3. The summed E-state index contributed by atoms with van der Waals surface area (Å²) in [6.45, 7) is 3.39. The lowest BCUT2D eigenvalue weighted by Gasteiger charge is -2.11. The summed E-state index contributed by atoms with van der Waals surface area (Å²) in [6.07, 6.45) is 0. The highest BCUT2D eigenvalue weighted by molar-refractivity contribution is 7.89. The number of carbonyl (C=O) groups excluding carboxylic acids is 1. The molecule has 6 nitrogen and oxygen atoms in total. The molecule has 0 aliphatic rings. The Kier molecular flexibility index (Phi) is 5.48. The van der Waals surface area contributed by atoms with Crippen LogP contribution in [-0.4, -0.2) is 14.3 Å². The van der Waals surface area contributed by atoms with Crippen molar-refractivity contribution in [2.45, 2.75) is 18.7 Å². The summed E-state index contributed by atoms with van der Waals surface area (Å²) in [5.41, 5.74) is 1.97. The quantitative estimate of drug-likeness (QED) is 0.681. The Morgan fingerprint density at radius 2 is 1.54 bits per heavy atom. The number of hydrogen-bond acceptors (Lipinski definition) is 4. The zero-order valence-electron chi connectivity index (χ0n) is 15.5. The molecule has 0 bridgehead atoms. The minimum Gasteiger partial charge on any atom is -0.457 e. The molecule has 0 atom stereocenters. The molecule has 28 heavy (non-hydrogen) atoms. The van der Waals surface area contributed by atoms with Gasteiger partial charge in [-0.3, -0.25) is 4.79 Å². The number of ether oxygens (including phenoxy) is 1. The van der Waals surface area contributed by atoms with Gasteiger partial charge >= 0.3 is 0 Å². The van der Waals surface area contributed by atoms with Crippen molar-refractivity contribution in [3.63, 3.8) is 0 Å². The highest BCUT2D eigenvalue weighted by Crippen LogP contribution is 2.24. The van der Waals surface area contributed by atoms with E-state index in [0.717, 1.165) is 0 Å². The van der Waals surface area contributed by atoms with Crippen molar-refractivity contribution in [1.82, 2.24) is 0 Å². The van der Waals surface area contributed by atoms with Gasteiger partial charge < -0.3 is 10.1 Å². The van der Waals surface area contributed by atoms with Gasteiger partial charge in [0.25, 0.3) is 5.91 Å². The smallest absolute Gasteiger partial charge is 0.255 e. The van der Waals surface area contributed by atoms with Crippen molar-refractivity contribution in [1.29, 1.82) is 0 Å². The average Bonchev–Trinajstić information content (AvgIpc) is 2.65. The second-order valence-corrected chi connectivity index (χ2v) is 7.88. The standard InChI is InChI=1S/C21H20N2O4S/c1-14-12-16(13-20(15(14)2)28(22,25)26)21(24)23-17-8-10-19(11-9-17)27-18-6-4-3-5-7-18/h3-13H,1-2H3,(H,23,24)(H2,22,25,26). The molecule has 3 aromatic rings. The predicted molar refractivity (Wildman–Crippen MR) is 108 cm³/mol. The van der Waals surface area contributed by atoms with Crippen molar-refractivity contribution in [3.05, 3.63) is 83.4 Å². The van der Waals surface area contributed by atoms with Crippen LogP contribution in [0, 0.1) is 13.8 Å². The van der Waals surface area contributed by atoms with E-state index in [4.69, 9.17) is 9.88 Å². The Labute approximate surface area is 164 Å². The highest BCUT2D eigenvalue weighted by atomic mass is 32.2. The van der Waals surface area contributed by atoms with Gasteiger partial charge in [0, 0.05) is 11.3 Å². The van der Waals surface area contributed by atoms with E-state index in [1.165, 1.54) is 6.07 Å². The number of nitrogens with one attached hydrogen (secondary N) is 1. The molecule has 0 aliphatic heterocycles. The van der Waals surface area contributed by atoms with Gasteiger partial charge in [-0.15, -0.1) is 0 Å². The maximum atomic E-state index is 12.6. The molecule has 0 aromatic heterocycles. The summed E-state index contributed by atoms with van der Waals surface area (Å²) < 4.78 is 29.2. The van der Waals surface area contributed by atoms with Crippen LogP contribution in [0.2, 0.25) is 0 Å². The number of carbonyl (C=O) groups is 1. The van der Waals surface area contributed by atoms with E-state index in [9.17, 15) is 13.2 Å². The minimum absolute atomic E-state index is 0.0516. The van der Waals surface area contributed by atoms with Gasteiger partial charge in [-0.2, -0.15) is 0 Å². The van der Waals surface area contributed by atoms with Crippen LogP contribution in [0.5, 0.6) is 11.5 Å². The molecule has 0 unspecified atom stereocenters. The van der Waals surface area contributed by atoms with Crippen LogP contribution in [0.4, 0.5) is 5.69 Å². The molecule has 3 rings (SSSR count). The molecule has 0 saturated carbocycles. The molecule has 0 radical (unpaired) electrons. The summed E-state index contributed by atoms with van der Waals surface area (Å²) in [6, 6.07) is 19.2. The first-order chi connectivity index (χ1) is 13.2. The van der Waals surface area contributed by atoms with E-state index in [2.05, 4.69) is 5.32 Å². The van der Waals surface area contributed by atoms with Crippen molar-refractivity contribution < 1.29 is 17.9 Å². The molecule has 3 N–H and O–H groups in total. The van der Waals surface area contributed by atoms with E-state index >= 15 is 0 Å². The lowest BCUT2D eigenvalue weighted by molar-refractivity contribution is 0.102. The van der Waals surface area contributed by atoms with Crippen LogP contribution >= 0.6 is 0 Å². The molecule has 144 valence electrons. The van der Waals surface area contributed by atoms with Crippen molar-refractivity contribution >= 4 is 21.6 Å². The molecule has 0 spiro atoms. The lowest BCUT2D eigenvalue weighted by atomic mass is 10.1. The molecule has 1 amide bonds. The minimum atomic E-state index is -3.92. The van der Waals surface area contributed by atoms with E-state index in [0.29, 0.717) is 28.3 Å². The first-order valence-corrected chi connectivity index (χ1v) is 10.1. The van der Waals surface area contributed by atoms with Gasteiger partial charge in [-0.1, -0.05) is 18.2 Å². The maximum Gasteiger partial charge on any atom is 0.255 e. The fourth-order valence-corrected chi connectivity index (χ4v) is 3.57. The molecule has 0 aliphatic carbocycles. The topological polar surface area (TPSA) is 98.5 Å². The second kappa shape index (κ2) is 7.84. The summed E-state index contributed by atoms with van der Waals surface area (Å²) in [4.78, 5) is 12.5. The molecule has 3 aromatic carbocycles. The number of hydrogen-bond donors (Lipinski definition) is 2. The van der Waals surface area contributed by atoms with Crippen LogP contribution in [0.15, 0.2) is 71.6 Å². The highest BCUT2D eigenvalue weighted by Gasteiger charge is 2.17. The summed E-state index contributed by atoms with van der Waals surface area (Å²) in [5, 5.41) is 8.00. The Morgan fingerprint density at radius 1 is 0.929 bits per heavy atom. The van der Waals surface area contributed by atoms with Crippen LogP contribution in [0.25, 0.3) is 0 Å². The molecule has 0 fully saturated rings. The molecule has 0 heterocycles. The molecule has 7 heteroatoms. The maximum absolute atomic E-state index is 12.6. The monoisotopic (exact) mass is 396 g/mol. The van der Waals surface area contributed by atoms with Gasteiger partial charge in [-0.25, -0.2) is 13.6 Å². The molecular formula is C21H20N2O4S. The van der Waals surface area contributed by atoms with Gasteiger partial charge in [0.15, 0.2) is 0 Å². The Bertz CT molecular complexity index is 1110. The number of nitrogens with two attached hydrogens (primary N) is 1. The van der Waals surface area contributed by atoms with Crippen LogP contribution < -0.4 is 15.2 Å². The van der Waals surface area contributed by atoms with Gasteiger partial charge in [-0.05, 0) is 73.5 Å². The summed E-state index contributed by atoms with van der Waals surface area (Å²) in [7, 11) is -3.92. The number of amides is 1. The number of benzene rings is 3. The van der Waals surface area contributed by atoms with Gasteiger partial charge in [0.2, 0.25) is 10.0 Å².